The van der Waals surface area contributed by atoms with Gasteiger partial charge in [-0.05, 0) is 18.2 Å². The average molecular weight is 366 g/mol. The minimum atomic E-state index is -0.586. The first-order valence-corrected chi connectivity index (χ1v) is 7.80. The van der Waals surface area contributed by atoms with E-state index in [2.05, 4.69) is 31.0 Å². The lowest BCUT2D eigenvalue weighted by Crippen LogP contribution is -2.22. The number of aromatic nitrogens is 4. The number of nitrogens with zero attached hydrogens (tertiary/aromatic N) is 4. The number of hydrogen-bond donors (Lipinski definition) is 4. The number of nitrogens with two attached hydrogens (primary N) is 1. The van der Waals surface area contributed by atoms with Crippen LogP contribution in [0.3, 0.4) is 0 Å². The number of imide groups is 1. The number of benzene rings is 1. The maximum Gasteiger partial charge on any atom is 0.326 e. The summed E-state index contributed by atoms with van der Waals surface area (Å²) >= 11 is 0. The lowest BCUT2D eigenvalue weighted by atomic mass is 10.2. The second-order valence-electron chi connectivity index (χ2n) is 5.56. The second-order valence-corrected chi connectivity index (χ2v) is 5.56. The molecule has 0 saturated carbocycles. The first-order valence-electron chi connectivity index (χ1n) is 7.80. The van der Waals surface area contributed by atoms with E-state index in [1.165, 1.54) is 16.8 Å². The number of nitrogen functional groups attached to an aromatic ring is 1. The van der Waals surface area contributed by atoms with Crippen LogP contribution in [0.25, 0.3) is 11.7 Å². The summed E-state index contributed by atoms with van der Waals surface area (Å²) in [6, 6.07) is 6.65. The first-order chi connectivity index (χ1) is 13.0. The highest BCUT2D eigenvalue weighted by molar-refractivity contribution is 6.14. The van der Waals surface area contributed by atoms with E-state index >= 15 is 0 Å². The van der Waals surface area contributed by atoms with Crippen molar-refractivity contribution in [2.24, 2.45) is 0 Å². The normalized spacial score (nSPS) is 15.1. The summed E-state index contributed by atoms with van der Waals surface area (Å²) in [5, 5.41) is 11.7. The van der Waals surface area contributed by atoms with Crippen LogP contribution in [-0.4, -0.2) is 38.6 Å². The third-order valence-corrected chi connectivity index (χ3v) is 3.77. The molecule has 1 aliphatic rings. The summed E-state index contributed by atoms with van der Waals surface area (Å²) in [6.07, 6.45) is 2.94. The topological polar surface area (TPSA) is 149 Å². The van der Waals surface area contributed by atoms with Crippen molar-refractivity contribution in [2.75, 3.05) is 18.2 Å². The summed E-state index contributed by atoms with van der Waals surface area (Å²) in [6.45, 7) is 0. The zero-order valence-corrected chi connectivity index (χ0v) is 14.1. The molecule has 0 unspecified atom stereocenters. The maximum absolute atomic E-state index is 11.7. The Labute approximate surface area is 152 Å². The van der Waals surface area contributed by atoms with Crippen molar-refractivity contribution in [2.45, 2.75) is 0 Å². The molecule has 4 rings (SSSR count). The summed E-state index contributed by atoms with van der Waals surface area (Å²) in [4.78, 5) is 31.5. The fourth-order valence-electron chi connectivity index (χ4n) is 2.54. The zero-order chi connectivity index (χ0) is 19.0. The van der Waals surface area contributed by atoms with Gasteiger partial charge in [-0.25, -0.2) is 4.79 Å². The number of fused-ring (bicyclic) bond motifs is 1. The van der Waals surface area contributed by atoms with Gasteiger partial charge in [-0.15, -0.1) is 0 Å². The third kappa shape index (κ3) is 3.08. The molecular weight excluding hydrogens is 352 g/mol. The molecule has 1 saturated heterocycles. The Morgan fingerprint density at radius 2 is 2.11 bits per heavy atom. The smallest absolute Gasteiger partial charge is 0.326 e. The van der Waals surface area contributed by atoms with Gasteiger partial charge < -0.3 is 21.1 Å². The Bertz CT molecular complexity index is 1100. The number of hydrogen-bond acceptors (Lipinski definition) is 8. The Kier molecular flexibility index (Phi) is 3.81. The number of carbonyl (C=O) groups is 2. The van der Waals surface area contributed by atoms with Gasteiger partial charge in [0.15, 0.2) is 5.65 Å². The standard InChI is InChI=1S/C16H14N8O3/c1-27-10-4-2-3-9(6-10)19-15-21-12-8(7-18-24(12)14(17)23-15)5-11-13(25)22-16(26)20-11/h2-7H,1H3,(H3,17,19,21,23)(H2,20,22,25,26)/b11-5-. The molecule has 0 aliphatic carbocycles. The molecular formula is C16H14N8O3. The fraction of sp³-hybridized carbons (Fsp3) is 0.0625. The van der Waals surface area contributed by atoms with Crippen molar-refractivity contribution in [3.8, 4) is 5.75 Å². The molecule has 11 heteroatoms. The highest BCUT2D eigenvalue weighted by Gasteiger charge is 2.23. The minimum Gasteiger partial charge on any atom is -0.497 e. The molecule has 11 nitrogen and oxygen atoms in total. The molecule has 0 bridgehead atoms. The molecule has 0 radical (unpaired) electrons. The molecule has 0 atom stereocenters. The molecule has 136 valence electrons. The minimum absolute atomic E-state index is 0.0920. The van der Waals surface area contributed by atoms with Gasteiger partial charge in [0.2, 0.25) is 11.9 Å². The number of carbonyl (C=O) groups excluding carboxylic acids is 2. The SMILES string of the molecule is COc1cccc(Nc2nc(N)n3ncc(/C=C4\NC(=O)NC4=O)c3n2)c1. The van der Waals surface area contributed by atoms with Crippen molar-refractivity contribution in [1.82, 2.24) is 30.2 Å². The number of methoxy groups -OCH3 is 1. The monoisotopic (exact) mass is 366 g/mol. The number of amides is 3. The van der Waals surface area contributed by atoms with Crippen LogP contribution in [0, 0.1) is 0 Å². The van der Waals surface area contributed by atoms with E-state index in [1.807, 2.05) is 18.2 Å². The van der Waals surface area contributed by atoms with Crippen LogP contribution in [0.15, 0.2) is 36.2 Å². The second kappa shape index (κ2) is 6.29. The maximum atomic E-state index is 11.7. The summed E-state index contributed by atoms with van der Waals surface area (Å²) in [7, 11) is 1.57. The number of nitrogens with one attached hydrogen (secondary N) is 3. The highest BCUT2D eigenvalue weighted by atomic mass is 16.5. The number of urea groups is 1. The molecule has 1 fully saturated rings. The van der Waals surface area contributed by atoms with Gasteiger partial charge in [-0.2, -0.15) is 19.6 Å². The van der Waals surface area contributed by atoms with E-state index in [9.17, 15) is 9.59 Å². The van der Waals surface area contributed by atoms with E-state index in [4.69, 9.17) is 10.5 Å². The van der Waals surface area contributed by atoms with Crippen molar-refractivity contribution in [3.63, 3.8) is 0 Å². The van der Waals surface area contributed by atoms with Crippen LogP contribution in [0.1, 0.15) is 5.56 Å². The molecule has 27 heavy (non-hydrogen) atoms. The predicted molar refractivity (Wildman–Crippen MR) is 96.1 cm³/mol. The van der Waals surface area contributed by atoms with Crippen LogP contribution in [0.5, 0.6) is 5.75 Å². The Morgan fingerprint density at radius 3 is 2.85 bits per heavy atom. The van der Waals surface area contributed by atoms with Gasteiger partial charge >= 0.3 is 6.03 Å². The number of rotatable bonds is 4. The largest absolute Gasteiger partial charge is 0.497 e. The first kappa shape index (κ1) is 16.3. The van der Waals surface area contributed by atoms with Gasteiger partial charge in [0.05, 0.1) is 13.3 Å². The van der Waals surface area contributed by atoms with Crippen LogP contribution >= 0.6 is 0 Å². The van der Waals surface area contributed by atoms with Gasteiger partial charge in [0.1, 0.15) is 11.4 Å². The predicted octanol–water partition coefficient (Wildman–Crippen LogP) is 0.639. The third-order valence-electron chi connectivity index (χ3n) is 3.77. The molecule has 1 aromatic carbocycles. The van der Waals surface area contributed by atoms with E-state index in [0.29, 0.717) is 22.6 Å². The van der Waals surface area contributed by atoms with E-state index in [-0.39, 0.29) is 17.6 Å². The van der Waals surface area contributed by atoms with E-state index < -0.39 is 11.9 Å². The lowest BCUT2D eigenvalue weighted by Gasteiger charge is -2.08. The van der Waals surface area contributed by atoms with Gasteiger partial charge in [-0.3, -0.25) is 10.1 Å². The number of anilines is 3. The molecule has 1 aliphatic heterocycles. The Hall–Kier alpha value is -4.15. The highest BCUT2D eigenvalue weighted by Crippen LogP contribution is 2.22. The lowest BCUT2D eigenvalue weighted by molar-refractivity contribution is -0.115. The summed E-state index contributed by atoms with van der Waals surface area (Å²) < 4.78 is 6.52. The Morgan fingerprint density at radius 1 is 1.26 bits per heavy atom. The number of ether oxygens (including phenoxy) is 1. The molecule has 0 spiro atoms. The quantitative estimate of drug-likeness (QED) is 0.388. The molecule has 3 heterocycles. The average Bonchev–Trinajstić information content (AvgIpc) is 3.18. The van der Waals surface area contributed by atoms with E-state index in [1.54, 1.807) is 13.2 Å². The molecule has 2 aromatic heterocycles. The van der Waals surface area contributed by atoms with E-state index in [0.717, 1.165) is 0 Å². The fourth-order valence-corrected chi connectivity index (χ4v) is 2.54. The zero-order valence-electron chi connectivity index (χ0n) is 14.1. The van der Waals surface area contributed by atoms with Gasteiger partial charge in [0, 0.05) is 17.3 Å². The van der Waals surface area contributed by atoms with Crippen molar-refractivity contribution < 1.29 is 14.3 Å². The van der Waals surface area contributed by atoms with Crippen LogP contribution in [0.4, 0.5) is 22.4 Å². The van der Waals surface area contributed by atoms with Gasteiger partial charge in [-0.1, -0.05) is 6.07 Å². The molecule has 5 N–H and O–H groups in total. The molecule has 3 amide bonds. The van der Waals surface area contributed by atoms with Crippen LogP contribution in [-0.2, 0) is 4.79 Å². The van der Waals surface area contributed by atoms with Crippen molar-refractivity contribution >= 4 is 41.2 Å². The summed E-state index contributed by atoms with van der Waals surface area (Å²) in [5.74, 6) is 0.492. The van der Waals surface area contributed by atoms with Crippen LogP contribution < -0.4 is 26.4 Å². The van der Waals surface area contributed by atoms with Crippen molar-refractivity contribution in [1.29, 1.82) is 0 Å². The Balaban J connectivity index is 1.72. The summed E-state index contributed by atoms with van der Waals surface area (Å²) in [5.41, 5.74) is 7.61. The van der Waals surface area contributed by atoms with Crippen LogP contribution in [0.2, 0.25) is 0 Å². The van der Waals surface area contributed by atoms with Crippen molar-refractivity contribution in [3.05, 3.63) is 41.7 Å². The van der Waals surface area contributed by atoms with Gasteiger partial charge in [0.25, 0.3) is 5.91 Å². The molecule has 3 aromatic rings.